The predicted molar refractivity (Wildman–Crippen MR) is 64.7 cm³/mol. The molecule has 0 aromatic heterocycles. The van der Waals surface area contributed by atoms with Crippen molar-refractivity contribution in [2.75, 3.05) is 6.61 Å². The molecule has 1 aromatic carbocycles. The Morgan fingerprint density at radius 1 is 1.41 bits per heavy atom. The van der Waals surface area contributed by atoms with Crippen LogP contribution < -0.4 is 4.74 Å². The summed E-state index contributed by atoms with van der Waals surface area (Å²) in [5, 5.41) is 18.2. The summed E-state index contributed by atoms with van der Waals surface area (Å²) in [5.74, 6) is 0.899. The molecule has 2 rings (SSSR count). The molecule has 1 aromatic rings. The summed E-state index contributed by atoms with van der Waals surface area (Å²) in [7, 11) is 0. The maximum atomic E-state index is 9.76. The number of rotatable bonds is 5. The molecule has 17 heavy (non-hydrogen) atoms. The molecule has 1 N–H and O–H groups in total. The fourth-order valence-electron chi connectivity index (χ4n) is 2.22. The summed E-state index contributed by atoms with van der Waals surface area (Å²) in [4.78, 5) is 0. The van der Waals surface area contributed by atoms with Crippen LogP contribution >= 0.6 is 0 Å². The number of aliphatic hydroxyl groups excluding tert-OH is 1. The van der Waals surface area contributed by atoms with E-state index < -0.39 is 0 Å². The standard InChI is InChI=1S/C14H17NO2/c15-9-2-1-3-10-17-14-6-4-5-11-12(14)7-8-13(11)16/h4-6,13,16H,1-3,7-8,10H2. The lowest BCUT2D eigenvalue weighted by Gasteiger charge is -2.10. The first-order valence-electron chi connectivity index (χ1n) is 6.12. The Morgan fingerprint density at radius 3 is 3.12 bits per heavy atom. The van der Waals surface area contributed by atoms with Gasteiger partial charge < -0.3 is 9.84 Å². The van der Waals surface area contributed by atoms with Gasteiger partial charge in [0.05, 0.1) is 18.8 Å². The average Bonchev–Trinajstić information content (AvgIpc) is 2.72. The third-order valence-corrected chi connectivity index (χ3v) is 3.14. The minimum atomic E-state index is -0.327. The first kappa shape index (κ1) is 11.9. The number of fused-ring (bicyclic) bond motifs is 1. The van der Waals surface area contributed by atoms with Gasteiger partial charge in [0.25, 0.3) is 0 Å². The molecule has 0 radical (unpaired) electrons. The smallest absolute Gasteiger partial charge is 0.122 e. The van der Waals surface area contributed by atoms with Crippen molar-refractivity contribution in [3.8, 4) is 11.8 Å². The molecule has 0 saturated carbocycles. The molecule has 90 valence electrons. The third kappa shape index (κ3) is 2.78. The molecule has 1 atom stereocenters. The highest BCUT2D eigenvalue weighted by molar-refractivity contribution is 5.44. The molecule has 1 aliphatic rings. The van der Waals surface area contributed by atoms with E-state index in [2.05, 4.69) is 6.07 Å². The summed E-state index contributed by atoms with van der Waals surface area (Å²) >= 11 is 0. The first-order valence-corrected chi connectivity index (χ1v) is 6.12. The van der Waals surface area contributed by atoms with Crippen LogP contribution in [0.2, 0.25) is 0 Å². The van der Waals surface area contributed by atoms with E-state index in [-0.39, 0.29) is 6.10 Å². The largest absolute Gasteiger partial charge is 0.493 e. The predicted octanol–water partition coefficient (Wildman–Crippen LogP) is 2.74. The van der Waals surface area contributed by atoms with Gasteiger partial charge in [-0.2, -0.15) is 5.26 Å². The molecule has 0 aliphatic heterocycles. The number of unbranched alkanes of at least 4 members (excludes halogenated alkanes) is 2. The van der Waals surface area contributed by atoms with Crippen molar-refractivity contribution in [3.05, 3.63) is 29.3 Å². The van der Waals surface area contributed by atoms with Crippen LogP contribution in [0.15, 0.2) is 18.2 Å². The van der Waals surface area contributed by atoms with Gasteiger partial charge in [-0.3, -0.25) is 0 Å². The Labute approximate surface area is 102 Å². The van der Waals surface area contributed by atoms with Crippen LogP contribution in [0.1, 0.15) is 42.9 Å². The molecule has 0 saturated heterocycles. The Hall–Kier alpha value is -1.53. The molecule has 1 unspecified atom stereocenters. The quantitative estimate of drug-likeness (QED) is 0.793. The number of ether oxygens (including phenoxy) is 1. The van der Waals surface area contributed by atoms with Crippen molar-refractivity contribution >= 4 is 0 Å². The maximum Gasteiger partial charge on any atom is 0.122 e. The zero-order valence-corrected chi connectivity index (χ0v) is 9.85. The van der Waals surface area contributed by atoms with Crippen molar-refractivity contribution in [2.45, 2.75) is 38.2 Å². The van der Waals surface area contributed by atoms with E-state index in [4.69, 9.17) is 10.00 Å². The lowest BCUT2D eigenvalue weighted by Crippen LogP contribution is -2.00. The monoisotopic (exact) mass is 231 g/mol. The molecule has 0 heterocycles. The van der Waals surface area contributed by atoms with E-state index in [0.717, 1.165) is 42.6 Å². The van der Waals surface area contributed by atoms with Gasteiger partial charge in [0.1, 0.15) is 5.75 Å². The molecule has 0 spiro atoms. The third-order valence-electron chi connectivity index (χ3n) is 3.14. The zero-order chi connectivity index (χ0) is 12.1. The van der Waals surface area contributed by atoms with Crippen molar-refractivity contribution < 1.29 is 9.84 Å². The van der Waals surface area contributed by atoms with Crippen molar-refractivity contribution in [2.24, 2.45) is 0 Å². The van der Waals surface area contributed by atoms with Gasteiger partial charge in [0.15, 0.2) is 0 Å². The number of hydrogen-bond donors (Lipinski definition) is 1. The second-order valence-electron chi connectivity index (χ2n) is 4.34. The minimum absolute atomic E-state index is 0.327. The lowest BCUT2D eigenvalue weighted by molar-refractivity contribution is 0.180. The minimum Gasteiger partial charge on any atom is -0.493 e. The highest BCUT2D eigenvalue weighted by Crippen LogP contribution is 2.36. The molecule has 0 amide bonds. The fraction of sp³-hybridized carbons (Fsp3) is 0.500. The zero-order valence-electron chi connectivity index (χ0n) is 9.85. The molecule has 1 aliphatic carbocycles. The number of benzene rings is 1. The van der Waals surface area contributed by atoms with Gasteiger partial charge in [0.2, 0.25) is 0 Å². The first-order chi connectivity index (χ1) is 8.33. The van der Waals surface area contributed by atoms with Crippen molar-refractivity contribution in [3.63, 3.8) is 0 Å². The van der Waals surface area contributed by atoms with Crippen LogP contribution in [0.4, 0.5) is 0 Å². The summed E-state index contributed by atoms with van der Waals surface area (Å²) in [5.41, 5.74) is 2.17. The Morgan fingerprint density at radius 2 is 2.29 bits per heavy atom. The van der Waals surface area contributed by atoms with Gasteiger partial charge >= 0.3 is 0 Å². The van der Waals surface area contributed by atoms with Gasteiger partial charge in [0, 0.05) is 12.0 Å². The normalized spacial score (nSPS) is 17.5. The van der Waals surface area contributed by atoms with E-state index in [1.54, 1.807) is 0 Å². The summed E-state index contributed by atoms with van der Waals surface area (Å²) < 4.78 is 5.72. The molecule has 0 bridgehead atoms. The maximum absolute atomic E-state index is 9.76. The van der Waals surface area contributed by atoms with E-state index in [1.165, 1.54) is 0 Å². The van der Waals surface area contributed by atoms with E-state index in [1.807, 2.05) is 18.2 Å². The van der Waals surface area contributed by atoms with Gasteiger partial charge in [-0.05, 0) is 37.3 Å². The van der Waals surface area contributed by atoms with Crippen LogP contribution in [-0.2, 0) is 6.42 Å². The second kappa shape index (κ2) is 5.70. The van der Waals surface area contributed by atoms with E-state index in [9.17, 15) is 5.11 Å². The van der Waals surface area contributed by atoms with Crippen molar-refractivity contribution in [1.29, 1.82) is 5.26 Å². The number of aliphatic hydroxyl groups is 1. The van der Waals surface area contributed by atoms with Crippen LogP contribution in [0.3, 0.4) is 0 Å². The molecule has 3 heteroatoms. The van der Waals surface area contributed by atoms with Crippen LogP contribution in [0.5, 0.6) is 5.75 Å². The van der Waals surface area contributed by atoms with Crippen molar-refractivity contribution in [1.82, 2.24) is 0 Å². The lowest BCUT2D eigenvalue weighted by atomic mass is 10.1. The second-order valence-corrected chi connectivity index (χ2v) is 4.34. The summed E-state index contributed by atoms with van der Waals surface area (Å²) in [6.45, 7) is 0.647. The SMILES string of the molecule is N#CCCCCOc1cccc2c1CCC2O. The molecular weight excluding hydrogens is 214 g/mol. The number of hydrogen-bond acceptors (Lipinski definition) is 3. The fourth-order valence-corrected chi connectivity index (χ4v) is 2.22. The average molecular weight is 231 g/mol. The van der Waals surface area contributed by atoms with Crippen LogP contribution in [-0.4, -0.2) is 11.7 Å². The highest BCUT2D eigenvalue weighted by Gasteiger charge is 2.22. The Kier molecular flexibility index (Phi) is 4.00. The molecular formula is C14H17NO2. The van der Waals surface area contributed by atoms with E-state index in [0.29, 0.717) is 13.0 Å². The number of nitriles is 1. The van der Waals surface area contributed by atoms with Crippen LogP contribution in [0.25, 0.3) is 0 Å². The molecule has 0 fully saturated rings. The van der Waals surface area contributed by atoms with Gasteiger partial charge in [-0.1, -0.05) is 12.1 Å². The summed E-state index contributed by atoms with van der Waals surface area (Å²) in [6, 6.07) is 7.98. The number of nitrogens with zero attached hydrogens (tertiary/aromatic N) is 1. The van der Waals surface area contributed by atoms with Gasteiger partial charge in [-0.25, -0.2) is 0 Å². The van der Waals surface area contributed by atoms with Gasteiger partial charge in [-0.15, -0.1) is 0 Å². The topological polar surface area (TPSA) is 53.2 Å². The summed E-state index contributed by atoms with van der Waals surface area (Å²) in [6.07, 6.45) is 3.74. The Bertz CT molecular complexity index is 423. The highest BCUT2D eigenvalue weighted by atomic mass is 16.5. The molecule has 3 nitrogen and oxygen atoms in total. The van der Waals surface area contributed by atoms with Crippen LogP contribution in [0, 0.1) is 11.3 Å². The Balaban J connectivity index is 1.92. The van der Waals surface area contributed by atoms with E-state index >= 15 is 0 Å².